The number of esters is 7. The van der Waals surface area contributed by atoms with Gasteiger partial charge in [0.1, 0.15) is 24.2 Å². The Morgan fingerprint density at radius 1 is 0.412 bits per heavy atom. The summed E-state index contributed by atoms with van der Waals surface area (Å²) in [5, 5.41) is 63.8. The number of amides is 7. The summed E-state index contributed by atoms with van der Waals surface area (Å²) in [5.74, 6) is -13.6. The Balaban J connectivity index is 0.000000348. The zero-order chi connectivity index (χ0) is 91.6. The number of fused-ring (bicyclic) bond motifs is 4. The molecule has 1 fully saturated rings. The average molecular weight is 1890 g/mol. The molecule has 13 rings (SSSR count). The van der Waals surface area contributed by atoms with Crippen molar-refractivity contribution in [2.75, 3.05) is 14.2 Å². The Hall–Kier alpha value is -13.0. The second kappa shape index (κ2) is 52.6. The molecule has 5 aliphatic rings. The van der Waals surface area contributed by atoms with Crippen LogP contribution < -0.4 is 21.7 Å². The molecule has 9 heterocycles. The summed E-state index contributed by atoms with van der Waals surface area (Å²) in [7, 11) is 2.52. The monoisotopic (exact) mass is 1890 g/mol. The molecule has 0 aliphatic carbocycles. The van der Waals surface area contributed by atoms with Crippen LogP contribution in [0.25, 0.3) is 0 Å². The van der Waals surface area contributed by atoms with E-state index in [9.17, 15) is 102 Å². The summed E-state index contributed by atoms with van der Waals surface area (Å²) in [6.07, 6.45) is -13.5. The van der Waals surface area contributed by atoms with Gasteiger partial charge in [-0.05, 0) is 90.3 Å². The molecule has 12 atom stereocenters. The molecule has 131 heavy (non-hydrogen) atoms. The number of methoxy groups -OCH3 is 2. The van der Waals surface area contributed by atoms with Crippen molar-refractivity contribution in [1.82, 2.24) is 35.6 Å². The fraction of sp³-hybridized carbons (Fsp3) is 0.385. The molecular weight excluding hydrogens is 1780 g/mol. The number of aliphatic hydroxyl groups is 3. The van der Waals surface area contributed by atoms with Crippen LogP contribution in [0.15, 0.2) is 167 Å². The molecule has 0 saturated carbocycles. The van der Waals surface area contributed by atoms with Crippen LogP contribution in [0.4, 0.5) is 0 Å². The minimum atomic E-state index is -2.07. The number of hydrogen-bond acceptors (Lipinski definition) is 31. The van der Waals surface area contributed by atoms with Crippen LogP contribution >= 0.6 is 45.3 Å². The molecule has 10 N–H and O–H groups in total. The van der Waals surface area contributed by atoms with Gasteiger partial charge < -0.3 is 100.0 Å². The van der Waals surface area contributed by atoms with Crippen molar-refractivity contribution in [2.45, 2.75) is 216 Å². The Morgan fingerprint density at radius 2 is 0.733 bits per heavy atom. The van der Waals surface area contributed by atoms with E-state index < -0.39 is 162 Å². The smallest absolute Gasteiger partial charge is 0.349 e. The van der Waals surface area contributed by atoms with Crippen molar-refractivity contribution in [3.63, 3.8) is 0 Å². The molecule has 5 aliphatic heterocycles. The molecule has 8 aromatic rings. The molecule has 4 unspecified atom stereocenters. The highest BCUT2D eigenvalue weighted by Gasteiger charge is 2.48. The lowest BCUT2D eigenvalue weighted by Gasteiger charge is -2.31. The zero-order valence-corrected chi connectivity index (χ0v) is 72.0. The number of nitrogens with one attached hydrogen (secondary N) is 3. The normalized spacial score (nSPS) is 16.0. The van der Waals surface area contributed by atoms with Crippen LogP contribution in [0.5, 0.6) is 0 Å². The number of thiophene rings is 4. The third kappa shape index (κ3) is 31.1. The Bertz CT molecular complexity index is 5110. The van der Waals surface area contributed by atoms with Crippen molar-refractivity contribution >= 4 is 140 Å². The molecule has 4 aromatic heterocycles. The predicted molar refractivity (Wildman–Crippen MR) is 482 cm³/mol. The number of ether oxygens (including phenoxy) is 7. The number of aliphatic carboxylic acids is 2. The number of cyclic esters (lactones) is 1. The van der Waals surface area contributed by atoms with Gasteiger partial charge in [-0.25, -0.2) is 19.2 Å². The van der Waals surface area contributed by atoms with Gasteiger partial charge in [-0.15, -0.1) is 45.3 Å². The molecule has 36 nitrogen and oxygen atoms in total. The van der Waals surface area contributed by atoms with Crippen molar-refractivity contribution in [3.8, 4) is 0 Å². The van der Waals surface area contributed by atoms with E-state index in [0.29, 0.717) is 25.9 Å². The van der Waals surface area contributed by atoms with Crippen LogP contribution in [-0.4, -0.2) is 227 Å². The molecule has 1 saturated heterocycles. The molecule has 708 valence electrons. The van der Waals surface area contributed by atoms with E-state index in [2.05, 4.69) is 25.4 Å². The van der Waals surface area contributed by atoms with E-state index in [4.69, 9.17) is 29.4 Å². The Kier molecular flexibility index (Phi) is 44.3. The number of carboxylic acid groups (broad SMARTS) is 2. The number of carboxylic acids is 2. The van der Waals surface area contributed by atoms with Gasteiger partial charge in [-0.1, -0.05) is 158 Å². The van der Waals surface area contributed by atoms with Crippen LogP contribution in [0, 0.1) is 0 Å². The minimum absolute atomic E-state index is 0. The molecular formula is C91H112N8O28S4. The van der Waals surface area contributed by atoms with E-state index in [-0.39, 0.29) is 95.2 Å². The highest BCUT2D eigenvalue weighted by Crippen LogP contribution is 2.30. The fourth-order valence-electron chi connectivity index (χ4n) is 13.5. The minimum Gasteiger partial charge on any atom is -0.480 e. The highest BCUT2D eigenvalue weighted by molar-refractivity contribution is 7.10. The Morgan fingerprint density at radius 3 is 1.08 bits per heavy atom. The number of nitrogens with two attached hydrogens (primary N) is 1. The van der Waals surface area contributed by atoms with Crippen LogP contribution in [0.2, 0.25) is 0 Å². The first kappa shape index (κ1) is 110. The van der Waals surface area contributed by atoms with E-state index in [0.717, 1.165) is 91.7 Å². The van der Waals surface area contributed by atoms with E-state index in [1.807, 2.05) is 137 Å². The lowest BCUT2D eigenvalue weighted by molar-refractivity contribution is -0.183. The average Bonchev–Trinajstić information content (AvgIpc) is 1.42. The Labute approximate surface area is 773 Å². The van der Waals surface area contributed by atoms with Crippen LogP contribution in [-0.2, 0) is 188 Å². The predicted octanol–water partition coefficient (Wildman–Crippen LogP) is 6.53. The SMILES string of the molecule is C.C.C.C.C.CC(=O)O[C@@H](C(=O)O)[C@@H](OC(C)=O)C(=O)N1Cc2ccccc2C1.COC(=O)C(Cc1cccs1)NC(=O)[C@H](OC(C)=O)[C@@H](OC(C)=O)C(=O)N1Cc2ccccc2C1.COC(=O)C(N)Cc1cccs1.O=C(O)C(Cc1cccs1)NC(=O)[C@H](O)[C@@H](O)C(=O)N1Cc2ccccc2C1.O=C1O[C@H]([C@@H](O)C(=O)N2Cc3ccccc3C2)C(=O)NC1Cc1cccs1. The zero-order valence-electron chi connectivity index (χ0n) is 68.7. The van der Waals surface area contributed by atoms with Gasteiger partial charge >= 0.3 is 53.7 Å². The summed E-state index contributed by atoms with van der Waals surface area (Å²) >= 11 is 5.78. The topological polar surface area (TPSA) is 514 Å². The number of hydrogen-bond donors (Lipinski definition) is 9. The number of benzene rings is 4. The summed E-state index contributed by atoms with van der Waals surface area (Å²) in [5.41, 5.74) is 13.1. The van der Waals surface area contributed by atoms with Gasteiger partial charge in [0.25, 0.3) is 41.4 Å². The lowest BCUT2D eigenvalue weighted by Crippen LogP contribution is -2.60. The summed E-state index contributed by atoms with van der Waals surface area (Å²) < 4.78 is 34.3. The van der Waals surface area contributed by atoms with Gasteiger partial charge in [0.15, 0.2) is 18.3 Å². The van der Waals surface area contributed by atoms with Crippen LogP contribution in [0.3, 0.4) is 0 Å². The van der Waals surface area contributed by atoms with Gasteiger partial charge in [0.05, 0.1) is 14.2 Å². The van der Waals surface area contributed by atoms with Crippen molar-refractivity contribution < 1.29 is 135 Å². The fourth-order valence-corrected chi connectivity index (χ4v) is 16.5. The van der Waals surface area contributed by atoms with E-state index in [1.54, 1.807) is 41.0 Å². The molecule has 0 bridgehead atoms. The molecule has 7 amide bonds. The number of rotatable bonds is 28. The van der Waals surface area contributed by atoms with Crippen molar-refractivity contribution in [2.24, 2.45) is 5.73 Å². The number of aliphatic hydroxyl groups excluding tert-OH is 3. The van der Waals surface area contributed by atoms with Crippen molar-refractivity contribution in [1.29, 1.82) is 0 Å². The standard InChI is InChI=1S/C24H26N2O8S.C19H20N2O6S.C19H18N2O5S.C16H17NO7.C8H11NO2S.5CH4/c1-14(27)33-20(22(29)25-19(24(31)32-3)11-18-9-6-10-35-18)21(34-15(2)28)23(30)26-12-16-7-4-5-8-17(16)13-26;22-15(17(24)20-14(19(26)27)8-13-6-3-7-28-13)16(23)18(25)21-9-11-4-1-2-5-12(11)10-21;22-15(18(24)21-9-11-4-1-2-5-12(11)10-21)16-17(23)20-14(19(25)26-16)8-13-6-3-7-27-13;1-9(18)23-13(14(16(21)22)24-10(2)19)15(20)17-7-11-5-3-4-6-12(11)8-17;1-11-8(10)7(9)5-6-3-2-4-12-6;;;;;/h4-10,19-21H,11-13H2,1-3H3,(H,25,29);1-7,14-16,22-23H,8-10H2,(H,20,24)(H,26,27);1-7,14-16,22H,8-10H2,(H,20,23);3-6,13-14H,7-8H2,1-2H3,(H,21,22);2-4,7H,5,9H2,1H3;5*1H4/t19?,20-,21-;2*14?,15-,16-;13-,14-;;;;;;/m1111....../s1. The van der Waals surface area contributed by atoms with Gasteiger partial charge in [-0.3, -0.25) is 57.5 Å². The van der Waals surface area contributed by atoms with E-state index >= 15 is 0 Å². The second-order valence-corrected chi connectivity index (χ2v) is 32.9. The summed E-state index contributed by atoms with van der Waals surface area (Å²) in [4.78, 5) is 202. The lowest BCUT2D eigenvalue weighted by atomic mass is 10.1. The van der Waals surface area contributed by atoms with E-state index in [1.165, 1.54) is 67.8 Å². The molecule has 0 radical (unpaired) electrons. The highest BCUT2D eigenvalue weighted by atomic mass is 32.1. The quantitative estimate of drug-likeness (QED) is 0.0186. The number of carbonyl (C=O) groups excluding carboxylic acids is 14. The molecule has 0 spiro atoms. The molecule has 40 heteroatoms. The van der Waals surface area contributed by atoms with Gasteiger partial charge in [-0.2, -0.15) is 0 Å². The maximum atomic E-state index is 13.4. The van der Waals surface area contributed by atoms with Crippen LogP contribution in [0.1, 0.15) is 129 Å². The third-order valence-corrected chi connectivity index (χ3v) is 23.3. The first-order valence-electron chi connectivity index (χ1n) is 38.8. The first-order chi connectivity index (χ1) is 60.1. The maximum Gasteiger partial charge on any atom is 0.349 e. The summed E-state index contributed by atoms with van der Waals surface area (Å²) in [6.45, 7) is 6.47. The number of carbonyl (C=O) groups is 16. The van der Waals surface area contributed by atoms with Gasteiger partial charge in [0, 0.05) is 125 Å². The third-order valence-electron chi connectivity index (χ3n) is 19.7. The summed E-state index contributed by atoms with van der Waals surface area (Å²) in [6, 6.07) is 40.7. The molecule has 4 aromatic carbocycles. The second-order valence-electron chi connectivity index (χ2n) is 28.8. The number of morpholine rings is 1. The largest absolute Gasteiger partial charge is 0.480 e. The first-order valence-corrected chi connectivity index (χ1v) is 42.4. The number of nitrogens with zero attached hydrogens (tertiary/aromatic N) is 4. The maximum absolute atomic E-state index is 13.4. The van der Waals surface area contributed by atoms with Crippen molar-refractivity contribution in [3.05, 3.63) is 231 Å². The van der Waals surface area contributed by atoms with Gasteiger partial charge in [0.2, 0.25) is 30.5 Å².